The zero-order chi connectivity index (χ0) is 16.8. The van der Waals surface area contributed by atoms with E-state index in [0.29, 0.717) is 13.2 Å². The normalized spacial score (nSPS) is 11.4. The molecule has 0 aliphatic rings. The van der Waals surface area contributed by atoms with Crippen molar-refractivity contribution < 1.29 is 9.47 Å². The summed E-state index contributed by atoms with van der Waals surface area (Å²) in [5, 5.41) is 2.04. The van der Waals surface area contributed by atoms with Crippen LogP contribution in [0, 0.1) is 0 Å². The summed E-state index contributed by atoms with van der Waals surface area (Å²) in [6.07, 6.45) is 0. The Morgan fingerprint density at radius 3 is 2.44 bits per heavy atom. The molecule has 0 fully saturated rings. The van der Waals surface area contributed by atoms with Crippen LogP contribution >= 0.6 is 23.7 Å². The molecular weight excluding hydrogens is 354 g/mol. The van der Waals surface area contributed by atoms with Crippen LogP contribution in [-0.2, 0) is 6.61 Å². The smallest absolute Gasteiger partial charge is 0.161 e. The Hall–Kier alpha value is -2.01. The molecule has 1 aromatic heterocycles. The van der Waals surface area contributed by atoms with E-state index in [2.05, 4.69) is 6.07 Å². The summed E-state index contributed by atoms with van der Waals surface area (Å²) in [5.41, 5.74) is 8.50. The molecule has 132 valence electrons. The van der Waals surface area contributed by atoms with Crippen LogP contribution < -0.4 is 15.2 Å². The first-order chi connectivity index (χ1) is 11.8. The van der Waals surface area contributed by atoms with Crippen LogP contribution in [0.3, 0.4) is 0 Å². The van der Waals surface area contributed by atoms with Crippen LogP contribution in [0.5, 0.6) is 11.5 Å². The van der Waals surface area contributed by atoms with Gasteiger partial charge in [-0.2, -0.15) is 0 Å². The number of rotatable bonds is 7. The zero-order valence-electron chi connectivity index (χ0n) is 14.1. The van der Waals surface area contributed by atoms with E-state index >= 15 is 0 Å². The first-order valence-electron chi connectivity index (χ1n) is 8.00. The highest BCUT2D eigenvalue weighted by Crippen LogP contribution is 2.33. The fourth-order valence-corrected chi connectivity index (χ4v) is 3.23. The second kappa shape index (κ2) is 9.47. The Morgan fingerprint density at radius 1 is 0.960 bits per heavy atom. The fraction of sp³-hybridized carbons (Fsp3) is 0.200. The number of halogens is 1. The van der Waals surface area contributed by atoms with Crippen molar-refractivity contribution in [2.24, 2.45) is 5.73 Å². The lowest BCUT2D eigenvalue weighted by molar-refractivity contribution is 0.269. The third-order valence-electron chi connectivity index (χ3n) is 3.71. The van der Waals surface area contributed by atoms with Gasteiger partial charge in [0.25, 0.3) is 0 Å². The molecule has 1 heterocycles. The topological polar surface area (TPSA) is 44.5 Å². The Kier molecular flexibility index (Phi) is 7.31. The number of hydrogen-bond donors (Lipinski definition) is 1. The van der Waals surface area contributed by atoms with E-state index in [-0.39, 0.29) is 18.4 Å². The molecule has 0 saturated heterocycles. The molecule has 2 aromatic carbocycles. The first kappa shape index (κ1) is 19.3. The zero-order valence-corrected chi connectivity index (χ0v) is 15.7. The van der Waals surface area contributed by atoms with E-state index in [1.807, 2.05) is 66.9 Å². The number of hydrogen-bond acceptors (Lipinski definition) is 4. The van der Waals surface area contributed by atoms with Crippen molar-refractivity contribution in [3.05, 3.63) is 82.0 Å². The summed E-state index contributed by atoms with van der Waals surface area (Å²) < 4.78 is 11.7. The van der Waals surface area contributed by atoms with E-state index in [1.54, 1.807) is 11.3 Å². The molecule has 1 atom stereocenters. The van der Waals surface area contributed by atoms with Gasteiger partial charge in [0.05, 0.1) is 12.6 Å². The van der Waals surface area contributed by atoms with Crippen molar-refractivity contribution in [1.82, 2.24) is 0 Å². The molecule has 3 aromatic rings. The van der Waals surface area contributed by atoms with Crippen molar-refractivity contribution in [3.63, 3.8) is 0 Å². The summed E-state index contributed by atoms with van der Waals surface area (Å²) in [6, 6.07) is 19.9. The van der Waals surface area contributed by atoms with E-state index in [1.165, 1.54) is 0 Å². The minimum absolute atomic E-state index is 0. The molecule has 0 saturated carbocycles. The fourth-order valence-electron chi connectivity index (χ4n) is 2.47. The molecular formula is C20H22ClNO2S. The molecule has 5 heteroatoms. The molecule has 0 unspecified atom stereocenters. The molecule has 2 N–H and O–H groups in total. The Bertz CT molecular complexity index is 763. The van der Waals surface area contributed by atoms with Crippen molar-refractivity contribution in [2.75, 3.05) is 6.61 Å². The molecule has 25 heavy (non-hydrogen) atoms. The average Bonchev–Trinajstić information content (AvgIpc) is 3.16. The van der Waals surface area contributed by atoms with Gasteiger partial charge < -0.3 is 15.2 Å². The molecule has 0 spiro atoms. The lowest BCUT2D eigenvalue weighted by Gasteiger charge is -2.16. The molecule has 0 amide bonds. The minimum atomic E-state index is -0.146. The lowest BCUT2D eigenvalue weighted by Crippen LogP contribution is -2.10. The standard InChI is InChI=1S/C20H21NO2S.ClH/c1-2-22-18-13-16(20(21)19-9-6-12-24-19)10-11-17(18)23-14-15-7-4-3-5-8-15;/h3-13,20H,2,14,21H2,1H3;1H/t20-;/m1./s1. The molecule has 0 radical (unpaired) electrons. The van der Waals surface area contributed by atoms with E-state index in [0.717, 1.165) is 27.5 Å². The SMILES string of the molecule is CCOc1cc([C@@H](N)c2cccs2)ccc1OCc1ccccc1.Cl. The highest BCUT2D eigenvalue weighted by atomic mass is 35.5. The molecule has 0 aliphatic heterocycles. The first-order valence-corrected chi connectivity index (χ1v) is 8.88. The number of benzene rings is 2. The minimum Gasteiger partial charge on any atom is -0.490 e. The largest absolute Gasteiger partial charge is 0.490 e. The molecule has 3 nitrogen and oxygen atoms in total. The van der Waals surface area contributed by atoms with Gasteiger partial charge >= 0.3 is 0 Å². The van der Waals surface area contributed by atoms with Crippen LogP contribution in [0.1, 0.15) is 29.0 Å². The monoisotopic (exact) mass is 375 g/mol. The van der Waals surface area contributed by atoms with Gasteiger partial charge in [-0.15, -0.1) is 23.7 Å². The Balaban J connectivity index is 0.00000225. The third-order valence-corrected chi connectivity index (χ3v) is 4.67. The van der Waals surface area contributed by atoms with Gasteiger partial charge in [0.2, 0.25) is 0 Å². The Morgan fingerprint density at radius 2 is 1.76 bits per heavy atom. The van der Waals surface area contributed by atoms with Gasteiger partial charge in [0.1, 0.15) is 6.61 Å². The van der Waals surface area contributed by atoms with Crippen molar-refractivity contribution in [3.8, 4) is 11.5 Å². The van der Waals surface area contributed by atoms with Crippen molar-refractivity contribution >= 4 is 23.7 Å². The number of ether oxygens (including phenoxy) is 2. The van der Waals surface area contributed by atoms with E-state index < -0.39 is 0 Å². The second-order valence-electron chi connectivity index (χ2n) is 5.41. The maximum atomic E-state index is 6.35. The van der Waals surface area contributed by atoms with Gasteiger partial charge in [-0.1, -0.05) is 42.5 Å². The maximum Gasteiger partial charge on any atom is 0.161 e. The van der Waals surface area contributed by atoms with E-state index in [4.69, 9.17) is 15.2 Å². The van der Waals surface area contributed by atoms with Gasteiger partial charge in [-0.3, -0.25) is 0 Å². The van der Waals surface area contributed by atoms with Crippen molar-refractivity contribution in [2.45, 2.75) is 19.6 Å². The van der Waals surface area contributed by atoms with Crippen LogP contribution in [0.25, 0.3) is 0 Å². The number of thiophene rings is 1. The Labute approximate surface area is 158 Å². The molecule has 0 bridgehead atoms. The summed E-state index contributed by atoms with van der Waals surface area (Å²) in [5.74, 6) is 1.47. The van der Waals surface area contributed by atoms with Gasteiger partial charge in [-0.25, -0.2) is 0 Å². The predicted molar refractivity (Wildman–Crippen MR) is 106 cm³/mol. The van der Waals surface area contributed by atoms with Crippen LogP contribution in [0.2, 0.25) is 0 Å². The summed E-state index contributed by atoms with van der Waals surface area (Å²) in [7, 11) is 0. The maximum absolute atomic E-state index is 6.35. The molecule has 0 aliphatic carbocycles. The summed E-state index contributed by atoms with van der Waals surface area (Å²) in [6.45, 7) is 3.06. The van der Waals surface area contributed by atoms with Gasteiger partial charge in [-0.05, 0) is 41.6 Å². The van der Waals surface area contributed by atoms with Gasteiger partial charge in [0, 0.05) is 4.88 Å². The highest BCUT2D eigenvalue weighted by molar-refractivity contribution is 7.10. The predicted octanol–water partition coefficient (Wildman–Crippen LogP) is 5.20. The number of nitrogens with two attached hydrogens (primary N) is 1. The van der Waals surface area contributed by atoms with Crippen LogP contribution in [-0.4, -0.2) is 6.61 Å². The average molecular weight is 376 g/mol. The quantitative estimate of drug-likeness (QED) is 0.617. The van der Waals surface area contributed by atoms with E-state index in [9.17, 15) is 0 Å². The van der Waals surface area contributed by atoms with Crippen LogP contribution in [0.15, 0.2) is 66.0 Å². The third kappa shape index (κ3) is 4.98. The van der Waals surface area contributed by atoms with Gasteiger partial charge in [0.15, 0.2) is 11.5 Å². The van der Waals surface area contributed by atoms with Crippen LogP contribution in [0.4, 0.5) is 0 Å². The van der Waals surface area contributed by atoms with Crippen molar-refractivity contribution in [1.29, 1.82) is 0 Å². The summed E-state index contributed by atoms with van der Waals surface area (Å²) in [4.78, 5) is 1.13. The highest BCUT2D eigenvalue weighted by Gasteiger charge is 2.14. The lowest BCUT2D eigenvalue weighted by atomic mass is 10.1. The second-order valence-corrected chi connectivity index (χ2v) is 6.39. The molecule has 3 rings (SSSR count). The summed E-state index contributed by atoms with van der Waals surface area (Å²) >= 11 is 1.66.